The largest absolute Gasteiger partial charge is 0.467 e. The average molecular weight is 729 g/mol. The number of aromatic nitrogens is 2. The molecule has 6 rings (SSSR count). The predicted octanol–water partition coefficient (Wildman–Crippen LogP) is 0.993. The predicted molar refractivity (Wildman–Crippen MR) is 178 cm³/mol. The molecule has 0 bridgehead atoms. The minimum absolute atomic E-state index is 0.0460. The van der Waals surface area contributed by atoms with Crippen LogP contribution in [0.15, 0.2) is 36.4 Å². The van der Waals surface area contributed by atoms with E-state index in [1.165, 1.54) is 20.5 Å². The van der Waals surface area contributed by atoms with E-state index in [1.807, 2.05) is 0 Å². The molecule has 2 aliphatic heterocycles. The minimum atomic E-state index is -3.07. The standard InChI is InChI=1S/C34H42F2N8O8/c35-34(36)19-23(34)29(46)37-12-11-24(32(49)41-14-16-42(17-15-41)33(50)51)39-30(47)25-18-28(44(40-25)22-8-2-1-3-9-22)52-20-27(45)43-13-5-10-26(43)31(48)38-21-6-4-7-21/h1-3,8-9,18,21,23-24,26H,4-7,10-17,19-20H2,(H,37,46)(H,38,48)(H,39,47)(H,50,51)/t23?,24-,26-/m0/s1. The number of alkyl halides is 2. The number of carboxylic acid groups (broad SMARTS) is 1. The quantitative estimate of drug-likeness (QED) is 0.233. The van der Waals surface area contributed by atoms with E-state index in [0.717, 1.165) is 24.2 Å². The molecule has 1 aromatic heterocycles. The number of para-hydroxylation sites is 1. The number of hydrogen-bond acceptors (Lipinski definition) is 8. The lowest BCUT2D eigenvalue weighted by Gasteiger charge is -2.35. The first kappa shape index (κ1) is 36.5. The van der Waals surface area contributed by atoms with Gasteiger partial charge in [0, 0.05) is 57.8 Å². The first-order valence-corrected chi connectivity index (χ1v) is 17.5. The summed E-state index contributed by atoms with van der Waals surface area (Å²) in [5, 5.41) is 21.7. The van der Waals surface area contributed by atoms with Gasteiger partial charge in [0.05, 0.1) is 5.69 Å². The molecule has 18 heteroatoms. The Hall–Kier alpha value is -5.29. The van der Waals surface area contributed by atoms with Gasteiger partial charge in [-0.2, -0.15) is 5.10 Å². The third kappa shape index (κ3) is 8.42. The fraction of sp³-hybridized carbons (Fsp3) is 0.559. The summed E-state index contributed by atoms with van der Waals surface area (Å²) in [6, 6.07) is 8.31. The number of carbonyl (C=O) groups is 6. The number of rotatable bonds is 13. The second kappa shape index (κ2) is 15.5. The Kier molecular flexibility index (Phi) is 10.9. The van der Waals surface area contributed by atoms with Crippen molar-refractivity contribution in [1.82, 2.24) is 40.4 Å². The van der Waals surface area contributed by atoms with Gasteiger partial charge in [0.25, 0.3) is 17.7 Å². The van der Waals surface area contributed by atoms with E-state index in [0.29, 0.717) is 25.1 Å². The molecule has 1 unspecified atom stereocenters. The molecule has 4 aliphatic rings. The topological polar surface area (TPSA) is 196 Å². The Labute approximate surface area is 297 Å². The molecule has 2 saturated heterocycles. The number of hydrogen-bond donors (Lipinski definition) is 4. The lowest BCUT2D eigenvalue weighted by Crippen LogP contribution is -2.56. The van der Waals surface area contributed by atoms with Crippen molar-refractivity contribution >= 4 is 35.6 Å². The normalized spacial score (nSPS) is 21.5. The molecule has 3 heterocycles. The summed E-state index contributed by atoms with van der Waals surface area (Å²) >= 11 is 0. The summed E-state index contributed by atoms with van der Waals surface area (Å²) in [6.45, 7) is 0.0119. The maximum Gasteiger partial charge on any atom is 0.407 e. The van der Waals surface area contributed by atoms with Crippen LogP contribution in [0.1, 0.15) is 55.4 Å². The van der Waals surface area contributed by atoms with Gasteiger partial charge >= 0.3 is 6.09 Å². The van der Waals surface area contributed by atoms with Crippen molar-refractivity contribution < 1.29 is 47.4 Å². The molecule has 2 aliphatic carbocycles. The Morgan fingerprint density at radius 1 is 0.942 bits per heavy atom. The maximum absolute atomic E-state index is 13.7. The number of benzene rings is 1. The average Bonchev–Trinajstić information content (AvgIpc) is 3.45. The number of nitrogens with zero attached hydrogens (tertiary/aromatic N) is 5. The van der Waals surface area contributed by atoms with E-state index in [9.17, 15) is 42.7 Å². The van der Waals surface area contributed by atoms with Crippen LogP contribution >= 0.6 is 0 Å². The van der Waals surface area contributed by atoms with Crippen LogP contribution in [0.2, 0.25) is 0 Å². The van der Waals surface area contributed by atoms with Crippen LogP contribution in [0.4, 0.5) is 13.6 Å². The zero-order valence-electron chi connectivity index (χ0n) is 28.5. The third-order valence-corrected chi connectivity index (χ3v) is 9.92. The van der Waals surface area contributed by atoms with E-state index in [2.05, 4.69) is 21.0 Å². The number of nitrogens with one attached hydrogen (secondary N) is 3. The van der Waals surface area contributed by atoms with Crippen molar-refractivity contribution in [2.45, 2.75) is 69.0 Å². The highest BCUT2D eigenvalue weighted by Gasteiger charge is 2.61. The maximum atomic E-state index is 13.7. The van der Waals surface area contributed by atoms with Crippen LogP contribution in [0.25, 0.3) is 5.69 Å². The highest BCUT2D eigenvalue weighted by molar-refractivity contribution is 5.96. The van der Waals surface area contributed by atoms with Gasteiger partial charge in [-0.25, -0.2) is 18.3 Å². The molecular formula is C34H42F2N8O8. The molecule has 3 atom stereocenters. The van der Waals surface area contributed by atoms with Crippen molar-refractivity contribution in [1.29, 1.82) is 0 Å². The third-order valence-electron chi connectivity index (χ3n) is 9.92. The van der Waals surface area contributed by atoms with Gasteiger partial charge in [0.2, 0.25) is 23.6 Å². The Balaban J connectivity index is 1.14. The molecule has 2 saturated carbocycles. The lowest BCUT2D eigenvalue weighted by atomic mass is 9.93. The van der Waals surface area contributed by atoms with Crippen LogP contribution in [-0.4, -0.2) is 135 Å². The van der Waals surface area contributed by atoms with E-state index < -0.39 is 66.7 Å². The Morgan fingerprint density at radius 3 is 2.27 bits per heavy atom. The summed E-state index contributed by atoms with van der Waals surface area (Å²) in [7, 11) is 0. The molecule has 280 valence electrons. The molecule has 4 N–H and O–H groups in total. The van der Waals surface area contributed by atoms with Crippen LogP contribution in [0.3, 0.4) is 0 Å². The summed E-state index contributed by atoms with van der Waals surface area (Å²) in [4.78, 5) is 81.1. The fourth-order valence-electron chi connectivity index (χ4n) is 6.53. The van der Waals surface area contributed by atoms with Gasteiger partial charge in [-0.05, 0) is 50.7 Å². The molecule has 6 amide bonds. The molecule has 0 radical (unpaired) electrons. The number of ether oxygens (including phenoxy) is 1. The van der Waals surface area contributed by atoms with E-state index in [4.69, 9.17) is 4.74 Å². The van der Waals surface area contributed by atoms with Crippen LogP contribution in [0, 0.1) is 5.92 Å². The van der Waals surface area contributed by atoms with Gasteiger partial charge in [0.1, 0.15) is 18.0 Å². The number of likely N-dealkylation sites (tertiary alicyclic amines) is 1. The zero-order chi connectivity index (χ0) is 37.0. The summed E-state index contributed by atoms with van der Waals surface area (Å²) in [6.07, 6.45) is 2.30. The summed E-state index contributed by atoms with van der Waals surface area (Å²) in [5.41, 5.74) is 0.340. The lowest BCUT2D eigenvalue weighted by molar-refractivity contribution is -0.140. The van der Waals surface area contributed by atoms with Crippen molar-refractivity contribution in [2.75, 3.05) is 45.9 Å². The molecule has 52 heavy (non-hydrogen) atoms. The SMILES string of the molecule is O=C(N[C@@H](CCNC(=O)C1CC1(F)F)C(=O)N1CCN(C(=O)O)CC1)c1cc(OCC(=O)N2CCC[C@H]2C(=O)NC2CCC2)n(-c2ccccc2)n1. The first-order chi connectivity index (χ1) is 24.9. The van der Waals surface area contributed by atoms with Crippen molar-refractivity contribution in [3.63, 3.8) is 0 Å². The van der Waals surface area contributed by atoms with Gasteiger partial charge < -0.3 is 40.5 Å². The zero-order valence-corrected chi connectivity index (χ0v) is 28.5. The van der Waals surface area contributed by atoms with Crippen molar-refractivity contribution in [2.24, 2.45) is 5.92 Å². The molecule has 2 aromatic rings. The fourth-order valence-corrected chi connectivity index (χ4v) is 6.53. The minimum Gasteiger partial charge on any atom is -0.467 e. The molecule has 0 spiro atoms. The number of carbonyl (C=O) groups excluding carboxylic acids is 5. The molecule has 4 fully saturated rings. The van der Waals surface area contributed by atoms with Crippen molar-refractivity contribution in [3.8, 4) is 11.6 Å². The molecular weight excluding hydrogens is 686 g/mol. The Morgan fingerprint density at radius 2 is 1.63 bits per heavy atom. The van der Waals surface area contributed by atoms with Gasteiger partial charge in [0.15, 0.2) is 12.3 Å². The highest BCUT2D eigenvalue weighted by Crippen LogP contribution is 2.48. The second-order valence-electron chi connectivity index (χ2n) is 13.5. The monoisotopic (exact) mass is 728 g/mol. The Bertz CT molecular complexity index is 1680. The highest BCUT2D eigenvalue weighted by atomic mass is 19.3. The smallest absolute Gasteiger partial charge is 0.407 e. The van der Waals surface area contributed by atoms with Crippen LogP contribution < -0.4 is 20.7 Å². The van der Waals surface area contributed by atoms with E-state index in [-0.39, 0.29) is 62.7 Å². The van der Waals surface area contributed by atoms with Gasteiger partial charge in [-0.3, -0.25) is 24.0 Å². The van der Waals surface area contributed by atoms with E-state index in [1.54, 1.807) is 30.3 Å². The van der Waals surface area contributed by atoms with Crippen LogP contribution in [0.5, 0.6) is 5.88 Å². The number of amides is 6. The summed E-state index contributed by atoms with van der Waals surface area (Å²) in [5.74, 6) is -7.23. The second-order valence-corrected chi connectivity index (χ2v) is 13.5. The molecule has 1 aromatic carbocycles. The first-order valence-electron chi connectivity index (χ1n) is 17.5. The number of halogens is 2. The van der Waals surface area contributed by atoms with Crippen LogP contribution in [-0.2, 0) is 19.2 Å². The van der Waals surface area contributed by atoms with Gasteiger partial charge in [-0.1, -0.05) is 18.2 Å². The van der Waals surface area contributed by atoms with Gasteiger partial charge in [-0.15, -0.1) is 0 Å². The van der Waals surface area contributed by atoms with Crippen molar-refractivity contribution in [3.05, 3.63) is 42.1 Å². The summed E-state index contributed by atoms with van der Waals surface area (Å²) < 4.78 is 34.1. The molecule has 16 nitrogen and oxygen atoms in total. The van der Waals surface area contributed by atoms with E-state index >= 15 is 0 Å². The number of piperazine rings is 1.